The number of benzene rings is 1. The first-order valence-electron chi connectivity index (χ1n) is 7.54. The van der Waals surface area contributed by atoms with Crippen molar-refractivity contribution in [3.8, 4) is 0 Å². The highest BCUT2D eigenvalue weighted by Gasteiger charge is 2.10. The van der Waals surface area contributed by atoms with Crippen molar-refractivity contribution in [1.29, 1.82) is 0 Å². The van der Waals surface area contributed by atoms with Crippen LogP contribution in [0.5, 0.6) is 0 Å². The molecule has 0 atom stereocenters. The van der Waals surface area contributed by atoms with E-state index in [2.05, 4.69) is 22.5 Å². The van der Waals surface area contributed by atoms with Gasteiger partial charge in [-0.1, -0.05) is 47.6 Å². The second kappa shape index (κ2) is 9.07. The van der Waals surface area contributed by atoms with E-state index in [1.54, 1.807) is 0 Å². The quantitative estimate of drug-likeness (QED) is 0.468. The third-order valence-corrected chi connectivity index (χ3v) is 4.98. The summed E-state index contributed by atoms with van der Waals surface area (Å²) >= 11 is 22.3. The van der Waals surface area contributed by atoms with E-state index in [0.29, 0.717) is 21.6 Å². The molecule has 126 valence electrons. The highest BCUT2D eigenvalue weighted by Crippen LogP contribution is 2.33. The Balaban J connectivity index is 1.81. The molecular weight excluding hydrogens is 375 g/mol. The number of fused-ring (bicyclic) bond motifs is 1. The van der Waals surface area contributed by atoms with Crippen molar-refractivity contribution in [2.45, 2.75) is 32.2 Å². The van der Waals surface area contributed by atoms with Crippen LogP contribution in [0.1, 0.15) is 25.7 Å². The minimum absolute atomic E-state index is 0.0164. The average Bonchev–Trinajstić information content (AvgIpc) is 2.82. The Morgan fingerprint density at radius 1 is 1.04 bits per heavy atom. The van der Waals surface area contributed by atoms with Crippen LogP contribution in [0.2, 0.25) is 15.1 Å². The minimum atomic E-state index is -0.0164. The molecule has 1 aromatic carbocycles. The van der Waals surface area contributed by atoms with E-state index < -0.39 is 0 Å². The maximum atomic E-state index is 11.0. The van der Waals surface area contributed by atoms with Crippen LogP contribution in [-0.2, 0) is 11.3 Å². The Hall–Kier alpha value is -0.550. The maximum Gasteiger partial charge on any atom is 0.229 e. The third kappa shape index (κ3) is 5.21. The van der Waals surface area contributed by atoms with Gasteiger partial charge in [0.15, 0.2) is 0 Å². The molecular formula is C16H19Cl3N2OS. The second-order valence-corrected chi connectivity index (χ2v) is 6.91. The molecule has 7 heteroatoms. The Morgan fingerprint density at radius 3 is 2.48 bits per heavy atom. The monoisotopic (exact) mass is 392 g/mol. The van der Waals surface area contributed by atoms with Gasteiger partial charge in [0.25, 0.3) is 0 Å². The zero-order chi connectivity index (χ0) is 16.8. The summed E-state index contributed by atoms with van der Waals surface area (Å²) in [5.41, 5.74) is 1.01. The van der Waals surface area contributed by atoms with Crippen molar-refractivity contribution >= 4 is 64.2 Å². The lowest BCUT2D eigenvalue weighted by atomic mass is 10.2. The van der Waals surface area contributed by atoms with E-state index in [4.69, 9.17) is 34.8 Å². The molecule has 3 nitrogen and oxygen atoms in total. The summed E-state index contributed by atoms with van der Waals surface area (Å²) in [6.07, 6.45) is 6.11. The summed E-state index contributed by atoms with van der Waals surface area (Å²) < 4.78 is 2.11. The van der Waals surface area contributed by atoms with Gasteiger partial charge in [0.1, 0.15) is 0 Å². The van der Waals surface area contributed by atoms with Gasteiger partial charge in [0, 0.05) is 24.7 Å². The van der Waals surface area contributed by atoms with Crippen LogP contribution in [0.3, 0.4) is 0 Å². The number of carbonyl (C=O) groups excluding carboxylic acids is 1. The summed E-state index contributed by atoms with van der Waals surface area (Å²) in [4.78, 5) is 11.0. The zero-order valence-corrected chi connectivity index (χ0v) is 15.8. The predicted octanol–water partition coefficient (Wildman–Crippen LogP) is 5.21. The van der Waals surface area contributed by atoms with E-state index in [1.807, 2.05) is 18.3 Å². The van der Waals surface area contributed by atoms with Crippen LogP contribution < -0.4 is 5.32 Å². The summed E-state index contributed by atoms with van der Waals surface area (Å²) in [5, 5.41) is 5.48. The van der Waals surface area contributed by atoms with Crippen LogP contribution in [0.4, 0.5) is 0 Å². The first-order chi connectivity index (χ1) is 11.0. The van der Waals surface area contributed by atoms with Crippen molar-refractivity contribution in [2.75, 3.05) is 12.3 Å². The SMILES string of the molecule is O=C(CS)NCCCCCCn1cc(Cl)c2cc(Cl)c(Cl)cc21. The van der Waals surface area contributed by atoms with Gasteiger partial charge in [0.05, 0.1) is 26.3 Å². The van der Waals surface area contributed by atoms with Gasteiger partial charge in [-0.25, -0.2) is 0 Å². The number of carbonyl (C=O) groups is 1. The number of unbranched alkanes of at least 4 members (excludes halogenated alkanes) is 3. The third-order valence-electron chi connectivity index (χ3n) is 3.67. The molecule has 0 aliphatic carbocycles. The molecule has 1 heterocycles. The molecule has 0 unspecified atom stereocenters. The number of aromatic nitrogens is 1. The van der Waals surface area contributed by atoms with E-state index in [0.717, 1.165) is 43.1 Å². The Labute approximate surface area is 156 Å². The number of thiol groups is 1. The number of halogens is 3. The van der Waals surface area contributed by atoms with E-state index in [1.165, 1.54) is 0 Å². The number of nitrogens with zero attached hydrogens (tertiary/aromatic N) is 1. The lowest BCUT2D eigenvalue weighted by molar-refractivity contribution is -0.118. The molecule has 2 rings (SSSR count). The lowest BCUT2D eigenvalue weighted by Gasteiger charge is -2.07. The van der Waals surface area contributed by atoms with Gasteiger partial charge in [-0.15, -0.1) is 0 Å². The standard InChI is InChI=1S/C16H19Cl3N2OS/c17-12-7-11-14(19)9-21(15(11)8-13(12)18)6-4-2-1-3-5-20-16(22)10-23/h7-9,23H,1-6,10H2,(H,20,22). The number of amides is 1. The number of nitrogens with one attached hydrogen (secondary N) is 1. The van der Waals surface area contributed by atoms with E-state index in [9.17, 15) is 4.79 Å². The second-order valence-electron chi connectivity index (χ2n) is 5.38. The topological polar surface area (TPSA) is 34.0 Å². The number of aryl methyl sites for hydroxylation is 1. The summed E-state index contributed by atoms with van der Waals surface area (Å²) in [6.45, 7) is 1.59. The first kappa shape index (κ1) is 18.8. The van der Waals surface area contributed by atoms with Gasteiger partial charge >= 0.3 is 0 Å². The van der Waals surface area contributed by atoms with Gasteiger partial charge in [-0.05, 0) is 25.0 Å². The van der Waals surface area contributed by atoms with Crippen LogP contribution >= 0.6 is 47.4 Å². The largest absolute Gasteiger partial charge is 0.355 e. The predicted molar refractivity (Wildman–Crippen MR) is 102 cm³/mol. The van der Waals surface area contributed by atoms with Crippen LogP contribution in [-0.4, -0.2) is 22.8 Å². The average molecular weight is 394 g/mol. The fraction of sp³-hybridized carbons (Fsp3) is 0.438. The molecule has 0 aliphatic rings. The molecule has 1 amide bonds. The van der Waals surface area contributed by atoms with Gasteiger partial charge in [-0.3, -0.25) is 4.79 Å². The Kier molecular flexibility index (Phi) is 7.41. The smallest absolute Gasteiger partial charge is 0.229 e. The molecule has 0 saturated heterocycles. The van der Waals surface area contributed by atoms with Crippen LogP contribution in [0.25, 0.3) is 10.9 Å². The Morgan fingerprint density at radius 2 is 1.74 bits per heavy atom. The fourth-order valence-electron chi connectivity index (χ4n) is 2.47. The zero-order valence-electron chi connectivity index (χ0n) is 12.6. The highest BCUT2D eigenvalue weighted by atomic mass is 35.5. The molecule has 0 fully saturated rings. The van der Waals surface area contributed by atoms with Crippen molar-refractivity contribution in [3.05, 3.63) is 33.4 Å². The minimum Gasteiger partial charge on any atom is -0.355 e. The molecule has 0 spiro atoms. The van der Waals surface area contributed by atoms with Gasteiger partial charge in [0.2, 0.25) is 5.91 Å². The first-order valence-corrected chi connectivity index (χ1v) is 9.30. The van der Waals surface area contributed by atoms with Crippen molar-refractivity contribution in [3.63, 3.8) is 0 Å². The molecule has 0 aliphatic heterocycles. The van der Waals surface area contributed by atoms with Gasteiger partial charge in [-0.2, -0.15) is 12.6 Å². The summed E-state index contributed by atoms with van der Waals surface area (Å²) in [6, 6.07) is 3.67. The summed E-state index contributed by atoms with van der Waals surface area (Å²) in [7, 11) is 0. The van der Waals surface area contributed by atoms with Crippen LogP contribution in [0.15, 0.2) is 18.3 Å². The normalized spacial score (nSPS) is 11.1. The maximum absolute atomic E-state index is 11.0. The van der Waals surface area contributed by atoms with E-state index >= 15 is 0 Å². The number of rotatable bonds is 8. The Bertz CT molecular complexity index is 688. The highest BCUT2D eigenvalue weighted by molar-refractivity contribution is 7.81. The molecule has 0 saturated carbocycles. The summed E-state index contributed by atoms with van der Waals surface area (Å²) in [5.74, 6) is 0.228. The van der Waals surface area contributed by atoms with Crippen LogP contribution in [0, 0.1) is 0 Å². The number of hydrogen-bond acceptors (Lipinski definition) is 2. The van der Waals surface area contributed by atoms with Crippen molar-refractivity contribution in [2.24, 2.45) is 0 Å². The molecule has 1 aromatic heterocycles. The molecule has 0 radical (unpaired) electrons. The lowest BCUT2D eigenvalue weighted by Crippen LogP contribution is -2.25. The van der Waals surface area contributed by atoms with Crippen molar-refractivity contribution in [1.82, 2.24) is 9.88 Å². The van der Waals surface area contributed by atoms with Crippen molar-refractivity contribution < 1.29 is 4.79 Å². The molecule has 23 heavy (non-hydrogen) atoms. The fourth-order valence-corrected chi connectivity index (χ4v) is 3.17. The molecule has 0 bridgehead atoms. The van der Waals surface area contributed by atoms with E-state index in [-0.39, 0.29) is 11.7 Å². The van der Waals surface area contributed by atoms with Gasteiger partial charge < -0.3 is 9.88 Å². The molecule has 2 aromatic rings. The number of hydrogen-bond donors (Lipinski definition) is 2. The molecule has 1 N–H and O–H groups in total.